The zero-order valence-electron chi connectivity index (χ0n) is 9.00. The molecule has 82 valence electrons. The Bertz CT molecular complexity index is 334. The number of thioether (sulfide) groups is 1. The van der Waals surface area contributed by atoms with E-state index in [-0.39, 0.29) is 0 Å². The van der Waals surface area contributed by atoms with Crippen LogP contribution in [0.2, 0.25) is 0 Å². The zero-order chi connectivity index (χ0) is 10.7. The third kappa shape index (κ3) is 2.61. The molecule has 1 aliphatic heterocycles. The van der Waals surface area contributed by atoms with E-state index in [9.17, 15) is 0 Å². The maximum Gasteiger partial charge on any atom is 0.0494 e. The van der Waals surface area contributed by atoms with Gasteiger partial charge in [-0.25, -0.2) is 0 Å². The molecule has 0 aliphatic carbocycles. The molecule has 0 unspecified atom stereocenters. The van der Waals surface area contributed by atoms with Crippen molar-refractivity contribution in [1.29, 1.82) is 0 Å². The van der Waals surface area contributed by atoms with Crippen molar-refractivity contribution in [1.82, 2.24) is 0 Å². The highest BCUT2D eigenvalue weighted by atomic mass is 35.5. The lowest BCUT2D eigenvalue weighted by Gasteiger charge is -2.30. The van der Waals surface area contributed by atoms with E-state index in [1.807, 2.05) is 11.8 Å². The quantitative estimate of drug-likeness (QED) is 0.731. The van der Waals surface area contributed by atoms with Gasteiger partial charge in [-0.1, -0.05) is 17.7 Å². The summed E-state index contributed by atoms with van der Waals surface area (Å²) in [6.07, 6.45) is 0. The maximum absolute atomic E-state index is 5.99. The van der Waals surface area contributed by atoms with Crippen LogP contribution in [0, 0.1) is 6.92 Å². The molecule has 1 heterocycles. The zero-order valence-corrected chi connectivity index (χ0v) is 10.6. The minimum atomic E-state index is 0.612. The van der Waals surface area contributed by atoms with Crippen molar-refractivity contribution in [2.45, 2.75) is 12.8 Å². The Morgan fingerprint density at radius 2 is 2.07 bits per heavy atom. The summed E-state index contributed by atoms with van der Waals surface area (Å²) in [5.74, 6) is 3.08. The van der Waals surface area contributed by atoms with Crippen LogP contribution in [0.25, 0.3) is 0 Å². The summed E-state index contributed by atoms with van der Waals surface area (Å²) in [6, 6.07) is 6.58. The lowest BCUT2D eigenvalue weighted by atomic mass is 10.1. The second-order valence-corrected chi connectivity index (χ2v) is 5.36. The normalized spacial score (nSPS) is 16.8. The molecule has 0 bridgehead atoms. The fourth-order valence-corrected chi connectivity index (χ4v) is 3.05. The van der Waals surface area contributed by atoms with Gasteiger partial charge in [0.05, 0.1) is 0 Å². The molecule has 0 aromatic heterocycles. The van der Waals surface area contributed by atoms with E-state index in [1.54, 1.807) is 0 Å². The van der Waals surface area contributed by atoms with Crippen molar-refractivity contribution >= 4 is 29.1 Å². The second-order valence-electron chi connectivity index (χ2n) is 3.87. The average Bonchev–Trinajstić information content (AvgIpc) is 2.30. The average molecular weight is 242 g/mol. The van der Waals surface area contributed by atoms with Gasteiger partial charge < -0.3 is 4.90 Å². The fraction of sp³-hybridized carbons (Fsp3) is 0.500. The van der Waals surface area contributed by atoms with Crippen LogP contribution in [-0.2, 0) is 5.88 Å². The summed E-state index contributed by atoms with van der Waals surface area (Å²) in [4.78, 5) is 2.45. The van der Waals surface area contributed by atoms with Gasteiger partial charge in [0.25, 0.3) is 0 Å². The van der Waals surface area contributed by atoms with Gasteiger partial charge in [-0.05, 0) is 18.6 Å². The third-order valence-electron chi connectivity index (χ3n) is 2.73. The Labute approximate surface area is 101 Å². The van der Waals surface area contributed by atoms with Gasteiger partial charge in [-0.2, -0.15) is 11.8 Å². The Kier molecular flexibility index (Phi) is 3.81. The Balaban J connectivity index is 2.25. The number of alkyl halides is 1. The Hall–Kier alpha value is -0.340. The molecule has 0 N–H and O–H groups in total. The van der Waals surface area contributed by atoms with Gasteiger partial charge in [-0.3, -0.25) is 0 Å². The van der Waals surface area contributed by atoms with E-state index >= 15 is 0 Å². The largest absolute Gasteiger partial charge is 0.370 e. The summed E-state index contributed by atoms with van der Waals surface area (Å²) in [7, 11) is 0. The summed E-state index contributed by atoms with van der Waals surface area (Å²) >= 11 is 8.03. The summed E-state index contributed by atoms with van der Waals surface area (Å²) < 4.78 is 0. The van der Waals surface area contributed by atoms with E-state index in [4.69, 9.17) is 11.6 Å². The number of nitrogens with zero attached hydrogens (tertiary/aromatic N) is 1. The van der Waals surface area contributed by atoms with Gasteiger partial charge in [0.15, 0.2) is 0 Å². The molecule has 1 fully saturated rings. The predicted molar refractivity (Wildman–Crippen MR) is 70.3 cm³/mol. The summed E-state index contributed by atoms with van der Waals surface area (Å²) in [5.41, 5.74) is 3.89. The van der Waals surface area contributed by atoms with Crippen molar-refractivity contribution in [2.75, 3.05) is 29.5 Å². The molecule has 3 heteroatoms. The smallest absolute Gasteiger partial charge is 0.0494 e. The number of anilines is 1. The molecule has 15 heavy (non-hydrogen) atoms. The standard InChI is InChI=1S/C12H16ClNS/c1-10-2-3-12(11(8-10)9-13)14-4-6-15-7-5-14/h2-3,8H,4-7,9H2,1H3. The lowest BCUT2D eigenvalue weighted by molar-refractivity contribution is 0.853. The highest BCUT2D eigenvalue weighted by Crippen LogP contribution is 2.26. The molecule has 2 rings (SSSR count). The number of aryl methyl sites for hydroxylation is 1. The maximum atomic E-state index is 5.99. The molecule has 0 saturated carbocycles. The molecule has 1 nitrogen and oxygen atoms in total. The van der Waals surface area contributed by atoms with Crippen LogP contribution in [0.4, 0.5) is 5.69 Å². The Morgan fingerprint density at radius 3 is 2.73 bits per heavy atom. The van der Waals surface area contributed by atoms with Crippen LogP contribution < -0.4 is 4.90 Å². The lowest BCUT2D eigenvalue weighted by Crippen LogP contribution is -2.33. The first-order chi connectivity index (χ1) is 7.31. The summed E-state index contributed by atoms with van der Waals surface area (Å²) in [6.45, 7) is 4.42. The monoisotopic (exact) mass is 241 g/mol. The van der Waals surface area contributed by atoms with E-state index in [2.05, 4.69) is 30.0 Å². The number of hydrogen-bond donors (Lipinski definition) is 0. The van der Waals surface area contributed by atoms with Gasteiger partial charge in [0, 0.05) is 36.2 Å². The molecule has 1 saturated heterocycles. The van der Waals surface area contributed by atoms with Crippen molar-refractivity contribution in [2.24, 2.45) is 0 Å². The van der Waals surface area contributed by atoms with Crippen molar-refractivity contribution in [3.63, 3.8) is 0 Å². The summed E-state index contributed by atoms with van der Waals surface area (Å²) in [5, 5.41) is 0. The first-order valence-corrected chi connectivity index (χ1v) is 6.98. The van der Waals surface area contributed by atoms with E-state index < -0.39 is 0 Å². The van der Waals surface area contributed by atoms with Crippen molar-refractivity contribution in [3.8, 4) is 0 Å². The van der Waals surface area contributed by atoms with E-state index in [1.165, 1.54) is 28.3 Å². The molecule has 1 aromatic rings. The van der Waals surface area contributed by atoms with Crippen LogP contribution in [-0.4, -0.2) is 24.6 Å². The van der Waals surface area contributed by atoms with Crippen LogP contribution in [0.5, 0.6) is 0 Å². The molecule has 0 amide bonds. The second kappa shape index (κ2) is 5.13. The van der Waals surface area contributed by atoms with Crippen LogP contribution >= 0.6 is 23.4 Å². The predicted octanol–water partition coefficient (Wildman–Crippen LogP) is 3.29. The molecular formula is C12H16ClNS. The minimum Gasteiger partial charge on any atom is -0.370 e. The van der Waals surface area contributed by atoms with Crippen LogP contribution in [0.15, 0.2) is 18.2 Å². The number of halogens is 1. The minimum absolute atomic E-state index is 0.612. The van der Waals surface area contributed by atoms with Crippen LogP contribution in [0.3, 0.4) is 0 Å². The van der Waals surface area contributed by atoms with E-state index in [0.29, 0.717) is 5.88 Å². The van der Waals surface area contributed by atoms with Gasteiger partial charge in [0.1, 0.15) is 0 Å². The first kappa shape index (κ1) is 11.2. The highest BCUT2D eigenvalue weighted by Gasteiger charge is 2.13. The van der Waals surface area contributed by atoms with Crippen molar-refractivity contribution < 1.29 is 0 Å². The highest BCUT2D eigenvalue weighted by molar-refractivity contribution is 7.99. The molecule has 1 aromatic carbocycles. The number of hydrogen-bond acceptors (Lipinski definition) is 2. The molecule has 0 atom stereocenters. The molecular weight excluding hydrogens is 226 g/mol. The molecule has 0 spiro atoms. The first-order valence-electron chi connectivity index (χ1n) is 5.29. The fourth-order valence-electron chi connectivity index (χ4n) is 1.93. The number of benzene rings is 1. The van der Waals surface area contributed by atoms with Crippen LogP contribution in [0.1, 0.15) is 11.1 Å². The van der Waals surface area contributed by atoms with Gasteiger partial charge in [0.2, 0.25) is 0 Å². The third-order valence-corrected chi connectivity index (χ3v) is 3.96. The van der Waals surface area contributed by atoms with Gasteiger partial charge in [-0.15, -0.1) is 11.6 Å². The van der Waals surface area contributed by atoms with E-state index in [0.717, 1.165) is 13.1 Å². The Morgan fingerprint density at radius 1 is 1.33 bits per heavy atom. The van der Waals surface area contributed by atoms with Gasteiger partial charge >= 0.3 is 0 Å². The molecule has 0 radical (unpaired) electrons. The SMILES string of the molecule is Cc1ccc(N2CCSCC2)c(CCl)c1. The number of rotatable bonds is 2. The van der Waals surface area contributed by atoms with Crippen molar-refractivity contribution in [3.05, 3.63) is 29.3 Å². The molecule has 1 aliphatic rings. The topological polar surface area (TPSA) is 3.24 Å².